The molecular formula is C22H28ClNO. The molecule has 0 spiro atoms. The summed E-state index contributed by atoms with van der Waals surface area (Å²) in [6, 6.07) is 17.1. The number of hydrogen-bond donors (Lipinski definition) is 1. The fraction of sp³-hybridized carbons (Fsp3) is 0.455. The Morgan fingerprint density at radius 3 is 2.56 bits per heavy atom. The average molecular weight is 358 g/mol. The van der Waals surface area contributed by atoms with Crippen LogP contribution in [0.3, 0.4) is 0 Å². The summed E-state index contributed by atoms with van der Waals surface area (Å²) in [5.74, 6) is 0. The zero-order valence-electron chi connectivity index (χ0n) is 15.4. The topological polar surface area (TPSA) is 21.3 Å². The van der Waals surface area contributed by atoms with E-state index < -0.39 is 0 Å². The summed E-state index contributed by atoms with van der Waals surface area (Å²) in [6.45, 7) is 8.18. The van der Waals surface area contributed by atoms with Crippen LogP contribution in [0.15, 0.2) is 48.5 Å². The molecule has 0 aromatic heterocycles. The summed E-state index contributed by atoms with van der Waals surface area (Å²) in [5.41, 5.74) is 3.70. The van der Waals surface area contributed by atoms with Gasteiger partial charge in [0.15, 0.2) is 0 Å². The van der Waals surface area contributed by atoms with E-state index in [0.29, 0.717) is 0 Å². The maximum absolute atomic E-state index is 6.25. The van der Waals surface area contributed by atoms with E-state index >= 15 is 0 Å². The van der Waals surface area contributed by atoms with Crippen molar-refractivity contribution < 1.29 is 4.74 Å². The van der Waals surface area contributed by atoms with E-state index in [1.165, 1.54) is 5.56 Å². The van der Waals surface area contributed by atoms with Crippen LogP contribution in [-0.4, -0.2) is 18.8 Å². The normalized spacial score (nSPS) is 22.6. The predicted molar refractivity (Wildman–Crippen MR) is 107 cm³/mol. The molecule has 1 saturated heterocycles. The first-order valence-corrected chi connectivity index (χ1v) is 9.48. The van der Waals surface area contributed by atoms with E-state index in [2.05, 4.69) is 61.6 Å². The van der Waals surface area contributed by atoms with Crippen molar-refractivity contribution in [2.24, 2.45) is 0 Å². The van der Waals surface area contributed by atoms with Gasteiger partial charge in [-0.05, 0) is 63.3 Å². The largest absolute Gasteiger partial charge is 0.385 e. The summed E-state index contributed by atoms with van der Waals surface area (Å²) in [4.78, 5) is 0. The van der Waals surface area contributed by atoms with Crippen LogP contribution in [0.4, 0.5) is 5.69 Å². The number of nitrogens with one attached hydrogen (secondary N) is 1. The van der Waals surface area contributed by atoms with Gasteiger partial charge in [-0.25, -0.2) is 0 Å². The van der Waals surface area contributed by atoms with Crippen LogP contribution in [0.2, 0.25) is 5.02 Å². The predicted octanol–water partition coefficient (Wildman–Crippen LogP) is 5.98. The lowest BCUT2D eigenvalue weighted by Crippen LogP contribution is -2.44. The molecule has 134 valence electrons. The summed E-state index contributed by atoms with van der Waals surface area (Å²) in [5, 5.41) is 4.37. The third kappa shape index (κ3) is 4.37. The zero-order chi connectivity index (χ0) is 17.9. The molecule has 1 aliphatic heterocycles. The van der Waals surface area contributed by atoms with Gasteiger partial charge >= 0.3 is 0 Å². The van der Waals surface area contributed by atoms with Gasteiger partial charge < -0.3 is 10.1 Å². The van der Waals surface area contributed by atoms with Crippen LogP contribution in [0.5, 0.6) is 0 Å². The molecular weight excluding hydrogens is 330 g/mol. The Labute approximate surface area is 156 Å². The highest BCUT2D eigenvalue weighted by molar-refractivity contribution is 6.31. The van der Waals surface area contributed by atoms with Crippen LogP contribution in [0, 0.1) is 6.92 Å². The highest BCUT2D eigenvalue weighted by atomic mass is 35.5. The van der Waals surface area contributed by atoms with Gasteiger partial charge in [0.2, 0.25) is 0 Å². The Bertz CT molecular complexity index is 713. The number of anilines is 1. The first-order chi connectivity index (χ1) is 11.9. The van der Waals surface area contributed by atoms with Gasteiger partial charge in [0, 0.05) is 29.3 Å². The number of aryl methyl sites for hydroxylation is 1. The Hall–Kier alpha value is -1.51. The molecule has 0 bridgehead atoms. The van der Waals surface area contributed by atoms with Crippen LogP contribution >= 0.6 is 11.6 Å². The van der Waals surface area contributed by atoms with E-state index in [9.17, 15) is 0 Å². The van der Waals surface area contributed by atoms with Crippen molar-refractivity contribution >= 4 is 17.3 Å². The fourth-order valence-corrected chi connectivity index (χ4v) is 4.20. The van der Waals surface area contributed by atoms with Crippen molar-refractivity contribution in [1.29, 1.82) is 0 Å². The van der Waals surface area contributed by atoms with Crippen LogP contribution < -0.4 is 5.32 Å². The number of halogens is 1. The smallest absolute Gasteiger partial charge is 0.0635 e. The number of benzene rings is 2. The Balaban J connectivity index is 1.75. The van der Waals surface area contributed by atoms with E-state index in [0.717, 1.165) is 48.7 Å². The van der Waals surface area contributed by atoms with Crippen molar-refractivity contribution in [2.75, 3.05) is 18.5 Å². The van der Waals surface area contributed by atoms with E-state index in [1.54, 1.807) is 0 Å². The first-order valence-electron chi connectivity index (χ1n) is 9.10. The zero-order valence-corrected chi connectivity index (χ0v) is 16.2. The summed E-state index contributed by atoms with van der Waals surface area (Å²) in [7, 11) is 0. The molecule has 1 fully saturated rings. The van der Waals surface area contributed by atoms with Crippen molar-refractivity contribution in [3.63, 3.8) is 0 Å². The van der Waals surface area contributed by atoms with Gasteiger partial charge in [-0.15, -0.1) is 0 Å². The monoisotopic (exact) mass is 357 g/mol. The molecule has 2 aromatic carbocycles. The highest BCUT2D eigenvalue weighted by Gasteiger charge is 2.41. The van der Waals surface area contributed by atoms with Gasteiger partial charge in [0.05, 0.1) is 5.60 Å². The maximum Gasteiger partial charge on any atom is 0.0635 e. The molecule has 0 amide bonds. The second-order valence-corrected chi connectivity index (χ2v) is 8.23. The molecule has 2 aromatic rings. The average Bonchev–Trinajstić information content (AvgIpc) is 2.58. The summed E-state index contributed by atoms with van der Waals surface area (Å²) >= 11 is 6.25. The first kappa shape index (κ1) is 18.3. The minimum atomic E-state index is -0.0821. The Morgan fingerprint density at radius 1 is 1.12 bits per heavy atom. The molecule has 3 rings (SSSR count). The molecule has 0 saturated carbocycles. The van der Waals surface area contributed by atoms with Gasteiger partial charge in [-0.3, -0.25) is 0 Å². The van der Waals surface area contributed by atoms with Crippen molar-refractivity contribution in [2.45, 2.75) is 51.0 Å². The lowest BCUT2D eigenvalue weighted by atomic mass is 9.67. The quantitative estimate of drug-likeness (QED) is 0.710. The van der Waals surface area contributed by atoms with Crippen molar-refractivity contribution in [3.05, 3.63) is 64.7 Å². The van der Waals surface area contributed by atoms with Crippen molar-refractivity contribution in [3.8, 4) is 0 Å². The van der Waals surface area contributed by atoms with Gasteiger partial charge in [-0.2, -0.15) is 0 Å². The van der Waals surface area contributed by atoms with Gasteiger partial charge in [0.25, 0.3) is 0 Å². The summed E-state index contributed by atoms with van der Waals surface area (Å²) < 4.78 is 6.00. The van der Waals surface area contributed by atoms with E-state index in [-0.39, 0.29) is 11.0 Å². The Kier molecular flexibility index (Phi) is 5.41. The molecule has 25 heavy (non-hydrogen) atoms. The second-order valence-electron chi connectivity index (χ2n) is 7.82. The van der Waals surface area contributed by atoms with Gasteiger partial charge in [-0.1, -0.05) is 48.0 Å². The lowest BCUT2D eigenvalue weighted by Gasteiger charge is -2.45. The minimum Gasteiger partial charge on any atom is -0.385 e. The number of rotatable bonds is 5. The fourth-order valence-electron chi connectivity index (χ4n) is 4.02. The lowest BCUT2D eigenvalue weighted by molar-refractivity contribution is -0.0834. The molecule has 0 aliphatic carbocycles. The number of hydrogen-bond acceptors (Lipinski definition) is 2. The SMILES string of the molecule is Cc1ccc(NCCC2(c3ccccc3)CCOC(C)(C)C2)cc1Cl. The summed E-state index contributed by atoms with van der Waals surface area (Å²) in [6.07, 6.45) is 3.19. The van der Waals surface area contributed by atoms with Gasteiger partial charge in [0.1, 0.15) is 0 Å². The Morgan fingerprint density at radius 2 is 1.88 bits per heavy atom. The third-order valence-corrected chi connectivity index (χ3v) is 5.74. The molecule has 2 nitrogen and oxygen atoms in total. The molecule has 1 aliphatic rings. The molecule has 3 heteroatoms. The molecule has 1 N–H and O–H groups in total. The van der Waals surface area contributed by atoms with E-state index in [4.69, 9.17) is 16.3 Å². The standard InChI is InChI=1S/C22H28ClNO/c1-17-9-10-19(15-20(17)23)24-13-11-22(18-7-5-4-6-8-18)12-14-25-21(2,3)16-22/h4-10,15,24H,11-14,16H2,1-3H3. The minimum absolute atomic E-state index is 0.0821. The van der Waals surface area contributed by atoms with Crippen LogP contribution in [0.1, 0.15) is 44.2 Å². The highest BCUT2D eigenvalue weighted by Crippen LogP contribution is 2.43. The van der Waals surface area contributed by atoms with Crippen LogP contribution in [0.25, 0.3) is 0 Å². The second kappa shape index (κ2) is 7.39. The maximum atomic E-state index is 6.25. The molecule has 1 unspecified atom stereocenters. The van der Waals surface area contributed by atoms with Crippen molar-refractivity contribution in [1.82, 2.24) is 0 Å². The molecule has 1 heterocycles. The third-order valence-electron chi connectivity index (χ3n) is 5.33. The van der Waals surface area contributed by atoms with Crippen LogP contribution in [-0.2, 0) is 10.2 Å². The molecule has 0 radical (unpaired) electrons. The number of ether oxygens (including phenoxy) is 1. The van der Waals surface area contributed by atoms with E-state index in [1.807, 2.05) is 13.0 Å². The molecule has 1 atom stereocenters.